The molecule has 6 heteroatoms. The van der Waals surface area contributed by atoms with E-state index in [1.54, 1.807) is 12.1 Å². The van der Waals surface area contributed by atoms with Crippen molar-refractivity contribution in [2.24, 2.45) is 0 Å². The van der Waals surface area contributed by atoms with Gasteiger partial charge in [-0.15, -0.1) is 5.10 Å². The molecule has 3 rings (SSSR count). The summed E-state index contributed by atoms with van der Waals surface area (Å²) in [7, 11) is 0. The maximum atomic E-state index is 12.1. The van der Waals surface area contributed by atoms with Gasteiger partial charge in [-0.25, -0.2) is 0 Å². The third-order valence-corrected chi connectivity index (χ3v) is 3.46. The molecular formula is C14H17N5O. The van der Waals surface area contributed by atoms with Crippen molar-refractivity contribution in [1.82, 2.24) is 20.2 Å². The summed E-state index contributed by atoms with van der Waals surface area (Å²) >= 11 is 0. The summed E-state index contributed by atoms with van der Waals surface area (Å²) in [6.07, 6.45) is 3.59. The third kappa shape index (κ3) is 2.84. The first-order valence-electron chi connectivity index (χ1n) is 6.94. The number of carbonyl (C=O) groups is 1. The summed E-state index contributed by atoms with van der Waals surface area (Å²) in [4.78, 5) is 15.6. The fourth-order valence-corrected chi connectivity index (χ4v) is 2.37. The lowest BCUT2D eigenvalue weighted by Crippen LogP contribution is -2.30. The van der Waals surface area contributed by atoms with E-state index >= 15 is 0 Å². The van der Waals surface area contributed by atoms with Gasteiger partial charge in [0.05, 0.1) is 0 Å². The second-order valence-electron chi connectivity index (χ2n) is 4.96. The van der Waals surface area contributed by atoms with Crippen LogP contribution in [0, 0.1) is 0 Å². The van der Waals surface area contributed by atoms with Gasteiger partial charge in [-0.3, -0.25) is 4.79 Å². The predicted octanol–water partition coefficient (Wildman–Crippen LogP) is 1.55. The van der Waals surface area contributed by atoms with Gasteiger partial charge >= 0.3 is 0 Å². The maximum absolute atomic E-state index is 12.1. The van der Waals surface area contributed by atoms with E-state index in [4.69, 9.17) is 0 Å². The number of rotatable bonds is 4. The number of aromatic nitrogens is 4. The first-order chi connectivity index (χ1) is 9.83. The Hall–Kier alpha value is -2.24. The summed E-state index contributed by atoms with van der Waals surface area (Å²) in [5, 5.41) is 12.3. The van der Waals surface area contributed by atoms with Gasteiger partial charge in [0, 0.05) is 18.7 Å². The molecule has 0 unspecified atom stereocenters. The van der Waals surface area contributed by atoms with Gasteiger partial charge in [-0.1, -0.05) is 35.4 Å². The zero-order valence-corrected chi connectivity index (χ0v) is 11.3. The van der Waals surface area contributed by atoms with Gasteiger partial charge in [-0.2, -0.15) is 4.80 Å². The molecule has 1 aliphatic rings. The van der Waals surface area contributed by atoms with Gasteiger partial charge in [0.15, 0.2) is 5.78 Å². The molecule has 1 saturated heterocycles. The number of anilines is 1. The van der Waals surface area contributed by atoms with Crippen LogP contribution >= 0.6 is 0 Å². The molecule has 104 valence electrons. The molecule has 0 amide bonds. The lowest BCUT2D eigenvalue weighted by atomic mass is 10.1. The zero-order valence-electron chi connectivity index (χ0n) is 11.3. The van der Waals surface area contributed by atoms with Crippen molar-refractivity contribution >= 4 is 11.7 Å². The third-order valence-electron chi connectivity index (χ3n) is 3.46. The van der Waals surface area contributed by atoms with E-state index in [9.17, 15) is 4.79 Å². The van der Waals surface area contributed by atoms with Crippen molar-refractivity contribution in [3.8, 4) is 0 Å². The number of tetrazole rings is 1. The molecule has 2 aromatic rings. The van der Waals surface area contributed by atoms with E-state index in [1.165, 1.54) is 11.2 Å². The van der Waals surface area contributed by atoms with Gasteiger partial charge in [0.25, 0.3) is 5.95 Å². The summed E-state index contributed by atoms with van der Waals surface area (Å²) in [5.41, 5.74) is 0.671. The van der Waals surface area contributed by atoms with Crippen LogP contribution in [0.3, 0.4) is 0 Å². The summed E-state index contributed by atoms with van der Waals surface area (Å²) in [5.74, 6) is 0.624. The van der Waals surface area contributed by atoms with Crippen LogP contribution in [-0.2, 0) is 6.54 Å². The fraction of sp³-hybridized carbons (Fsp3) is 0.429. The second-order valence-corrected chi connectivity index (χ2v) is 4.96. The lowest BCUT2D eigenvalue weighted by Gasteiger charge is -2.24. The van der Waals surface area contributed by atoms with E-state index in [0.29, 0.717) is 11.5 Å². The van der Waals surface area contributed by atoms with Gasteiger partial charge in [-0.05, 0) is 24.5 Å². The van der Waals surface area contributed by atoms with E-state index < -0.39 is 0 Å². The molecule has 0 aliphatic carbocycles. The maximum Gasteiger partial charge on any atom is 0.266 e. The monoisotopic (exact) mass is 271 g/mol. The highest BCUT2D eigenvalue weighted by Crippen LogP contribution is 2.14. The molecule has 1 aromatic heterocycles. The molecule has 1 aromatic carbocycles. The van der Waals surface area contributed by atoms with Crippen LogP contribution in [0.25, 0.3) is 0 Å². The number of hydrogen-bond donors (Lipinski definition) is 0. The van der Waals surface area contributed by atoms with Crippen molar-refractivity contribution in [2.45, 2.75) is 25.8 Å². The molecule has 1 aliphatic heterocycles. The minimum atomic E-state index is -0.00630. The van der Waals surface area contributed by atoms with Crippen molar-refractivity contribution in [1.29, 1.82) is 0 Å². The first kappa shape index (κ1) is 12.8. The van der Waals surface area contributed by atoms with Crippen LogP contribution in [0.15, 0.2) is 30.3 Å². The highest BCUT2D eigenvalue weighted by Gasteiger charge is 2.16. The number of nitrogens with zero attached hydrogens (tertiary/aromatic N) is 5. The average molecular weight is 271 g/mol. The summed E-state index contributed by atoms with van der Waals surface area (Å²) in [6.45, 7) is 2.07. The number of ketones is 1. The molecule has 0 bridgehead atoms. The Kier molecular flexibility index (Phi) is 3.71. The summed E-state index contributed by atoms with van der Waals surface area (Å²) in [6, 6.07) is 9.18. The van der Waals surface area contributed by atoms with Crippen LogP contribution in [0.5, 0.6) is 0 Å². The van der Waals surface area contributed by atoms with Gasteiger partial charge in [0.2, 0.25) is 0 Å². The van der Waals surface area contributed by atoms with Crippen LogP contribution in [0.4, 0.5) is 5.95 Å². The smallest absolute Gasteiger partial charge is 0.266 e. The number of hydrogen-bond acceptors (Lipinski definition) is 5. The highest BCUT2D eigenvalue weighted by atomic mass is 16.1. The topological polar surface area (TPSA) is 63.9 Å². The molecule has 6 nitrogen and oxygen atoms in total. The minimum absolute atomic E-state index is 0.00630. The predicted molar refractivity (Wildman–Crippen MR) is 74.7 cm³/mol. The van der Waals surface area contributed by atoms with E-state index in [1.807, 2.05) is 18.2 Å². The number of piperidine rings is 1. The quantitative estimate of drug-likeness (QED) is 0.789. The highest BCUT2D eigenvalue weighted by molar-refractivity contribution is 5.95. The standard InChI is InChI=1S/C14H17N5O/c20-13(12-7-3-1-4-8-12)11-19-16-14(15-17-19)18-9-5-2-6-10-18/h1,3-4,7-8H,2,5-6,9-11H2. The molecule has 0 radical (unpaired) electrons. The van der Waals surface area contributed by atoms with E-state index in [0.717, 1.165) is 25.9 Å². The number of benzene rings is 1. The molecule has 0 spiro atoms. The van der Waals surface area contributed by atoms with Crippen molar-refractivity contribution < 1.29 is 4.79 Å². The van der Waals surface area contributed by atoms with Gasteiger partial charge in [0.1, 0.15) is 6.54 Å². The van der Waals surface area contributed by atoms with Crippen LogP contribution < -0.4 is 4.90 Å². The molecular weight excluding hydrogens is 254 g/mol. The number of Topliss-reactive ketones (excluding diaryl/α,β-unsaturated/α-hetero) is 1. The van der Waals surface area contributed by atoms with Crippen molar-refractivity contribution in [2.75, 3.05) is 18.0 Å². The Morgan fingerprint density at radius 1 is 1.10 bits per heavy atom. The lowest BCUT2D eigenvalue weighted by molar-refractivity contribution is 0.0961. The molecule has 0 atom stereocenters. The number of carbonyl (C=O) groups excluding carboxylic acids is 1. The zero-order chi connectivity index (χ0) is 13.8. The van der Waals surface area contributed by atoms with Crippen molar-refractivity contribution in [3.63, 3.8) is 0 Å². The van der Waals surface area contributed by atoms with Crippen LogP contribution in [0.1, 0.15) is 29.6 Å². The van der Waals surface area contributed by atoms with Crippen molar-refractivity contribution in [3.05, 3.63) is 35.9 Å². The summed E-state index contributed by atoms with van der Waals surface area (Å²) < 4.78 is 0. The molecule has 20 heavy (non-hydrogen) atoms. The Labute approximate surface area is 117 Å². The average Bonchev–Trinajstić information content (AvgIpc) is 2.97. The fourth-order valence-electron chi connectivity index (χ4n) is 2.37. The normalized spacial score (nSPS) is 15.3. The first-order valence-corrected chi connectivity index (χ1v) is 6.94. The van der Waals surface area contributed by atoms with Crippen LogP contribution in [-0.4, -0.2) is 39.1 Å². The Bertz CT molecular complexity index is 574. The SMILES string of the molecule is O=C(Cn1nnc(N2CCCCC2)n1)c1ccccc1. The Morgan fingerprint density at radius 2 is 1.85 bits per heavy atom. The van der Waals surface area contributed by atoms with Gasteiger partial charge < -0.3 is 4.90 Å². The van der Waals surface area contributed by atoms with E-state index in [2.05, 4.69) is 20.3 Å². The molecule has 2 heterocycles. The Balaban J connectivity index is 1.66. The van der Waals surface area contributed by atoms with E-state index in [-0.39, 0.29) is 12.3 Å². The Morgan fingerprint density at radius 3 is 2.60 bits per heavy atom. The second kappa shape index (κ2) is 5.81. The molecule has 0 N–H and O–H groups in total. The molecule has 1 fully saturated rings. The largest absolute Gasteiger partial charge is 0.338 e. The minimum Gasteiger partial charge on any atom is -0.338 e. The van der Waals surface area contributed by atoms with Crippen LogP contribution in [0.2, 0.25) is 0 Å². The molecule has 0 saturated carbocycles.